The first-order chi connectivity index (χ1) is 19.0. The van der Waals surface area contributed by atoms with Gasteiger partial charge in [0, 0.05) is 23.6 Å². The maximum atomic E-state index is 13.4. The van der Waals surface area contributed by atoms with Crippen LogP contribution in [0.1, 0.15) is 35.2 Å². The Labute approximate surface area is 227 Å². The normalized spacial score (nSPS) is 16.4. The average molecular weight is 521 g/mol. The maximum absolute atomic E-state index is 13.4. The van der Waals surface area contributed by atoms with Crippen LogP contribution in [0, 0.1) is 6.92 Å². The number of amides is 1. The Morgan fingerprint density at radius 3 is 2.38 bits per heavy atom. The van der Waals surface area contributed by atoms with Crippen LogP contribution in [0.2, 0.25) is 0 Å². The van der Waals surface area contributed by atoms with Gasteiger partial charge < -0.3 is 14.6 Å². The molecule has 7 nitrogen and oxygen atoms in total. The Kier molecular flexibility index (Phi) is 7.41. The van der Waals surface area contributed by atoms with Gasteiger partial charge in [0.05, 0.1) is 18.2 Å². The zero-order chi connectivity index (χ0) is 27.4. The number of carbonyl (C=O) groups is 2. The molecule has 1 aliphatic rings. The maximum Gasteiger partial charge on any atom is 0.300 e. The predicted octanol–water partition coefficient (Wildman–Crippen LogP) is 5.99. The molecule has 5 rings (SSSR count). The van der Waals surface area contributed by atoms with Gasteiger partial charge in [0.2, 0.25) is 0 Å². The number of nitrogens with zero attached hydrogens (tertiary/aromatic N) is 2. The molecule has 0 aliphatic carbocycles. The third kappa shape index (κ3) is 5.25. The van der Waals surface area contributed by atoms with Crippen molar-refractivity contribution in [3.63, 3.8) is 0 Å². The van der Waals surface area contributed by atoms with E-state index in [4.69, 9.17) is 9.47 Å². The molecule has 1 aromatic heterocycles. The number of carbonyl (C=O) groups excluding carboxylic acids is 2. The van der Waals surface area contributed by atoms with Crippen LogP contribution in [0.3, 0.4) is 0 Å². The average Bonchev–Trinajstić information content (AvgIpc) is 3.23. The summed E-state index contributed by atoms with van der Waals surface area (Å²) in [6, 6.07) is 24.6. The smallest absolute Gasteiger partial charge is 0.300 e. The van der Waals surface area contributed by atoms with E-state index in [-0.39, 0.29) is 11.3 Å². The van der Waals surface area contributed by atoms with E-state index in [0.29, 0.717) is 41.5 Å². The lowest BCUT2D eigenvalue weighted by atomic mass is 9.95. The lowest BCUT2D eigenvalue weighted by Crippen LogP contribution is -2.29. The third-order valence-electron chi connectivity index (χ3n) is 6.56. The van der Waals surface area contributed by atoms with Crippen LogP contribution in [-0.4, -0.2) is 28.4 Å². The minimum Gasteiger partial charge on any atom is -0.507 e. The van der Waals surface area contributed by atoms with E-state index in [2.05, 4.69) is 4.98 Å². The van der Waals surface area contributed by atoms with Crippen molar-refractivity contribution in [2.75, 3.05) is 11.5 Å². The Bertz CT molecular complexity index is 1520. The van der Waals surface area contributed by atoms with Crippen molar-refractivity contribution in [2.24, 2.45) is 0 Å². The van der Waals surface area contributed by atoms with Gasteiger partial charge in [-0.3, -0.25) is 19.5 Å². The van der Waals surface area contributed by atoms with Crippen molar-refractivity contribution in [1.29, 1.82) is 0 Å². The topological polar surface area (TPSA) is 89.0 Å². The summed E-state index contributed by atoms with van der Waals surface area (Å²) in [4.78, 5) is 32.3. The number of benzene rings is 3. The summed E-state index contributed by atoms with van der Waals surface area (Å²) in [6.45, 7) is 4.67. The van der Waals surface area contributed by atoms with E-state index in [1.165, 1.54) is 4.90 Å². The minimum absolute atomic E-state index is 0.000705. The number of aliphatic hydroxyl groups is 1. The molecule has 1 amide bonds. The molecule has 1 N–H and O–H groups in total. The number of hydrogen-bond acceptors (Lipinski definition) is 6. The first kappa shape index (κ1) is 25.7. The van der Waals surface area contributed by atoms with Crippen LogP contribution in [-0.2, 0) is 16.2 Å². The molecule has 0 spiro atoms. The van der Waals surface area contributed by atoms with Gasteiger partial charge in [-0.25, -0.2) is 0 Å². The highest BCUT2D eigenvalue weighted by molar-refractivity contribution is 6.51. The van der Waals surface area contributed by atoms with Gasteiger partial charge in [-0.15, -0.1) is 0 Å². The summed E-state index contributed by atoms with van der Waals surface area (Å²) in [6.07, 6.45) is 3.21. The van der Waals surface area contributed by atoms with E-state index in [1.807, 2.05) is 44.2 Å². The second-order valence-corrected chi connectivity index (χ2v) is 9.14. The van der Waals surface area contributed by atoms with Gasteiger partial charge >= 0.3 is 0 Å². The largest absolute Gasteiger partial charge is 0.507 e. The zero-order valence-corrected chi connectivity index (χ0v) is 21.7. The molecule has 2 heterocycles. The fraction of sp³-hybridized carbons (Fsp3) is 0.156. The van der Waals surface area contributed by atoms with Gasteiger partial charge in [0.15, 0.2) is 0 Å². The Balaban J connectivity index is 1.52. The summed E-state index contributed by atoms with van der Waals surface area (Å²) < 4.78 is 11.5. The molecule has 0 saturated carbocycles. The van der Waals surface area contributed by atoms with E-state index in [1.54, 1.807) is 67.0 Å². The molecular weight excluding hydrogens is 492 g/mol. The van der Waals surface area contributed by atoms with Crippen LogP contribution in [0.5, 0.6) is 11.5 Å². The number of aryl methyl sites for hydroxylation is 1. The highest BCUT2D eigenvalue weighted by atomic mass is 16.5. The zero-order valence-electron chi connectivity index (χ0n) is 21.7. The highest BCUT2D eigenvalue weighted by Crippen LogP contribution is 2.42. The SMILES string of the molecule is CCOc1ccc(N2C(=O)C(=O)/C(=C(\O)c3ccc(OCc4ccccc4)c(C)c3)C2c2cccnc2)cc1. The molecule has 1 unspecified atom stereocenters. The number of hydrogen-bond donors (Lipinski definition) is 1. The lowest BCUT2D eigenvalue weighted by Gasteiger charge is -2.25. The van der Waals surface area contributed by atoms with Crippen LogP contribution in [0.25, 0.3) is 5.76 Å². The summed E-state index contributed by atoms with van der Waals surface area (Å²) in [5, 5.41) is 11.4. The fourth-order valence-electron chi connectivity index (χ4n) is 4.67. The highest BCUT2D eigenvalue weighted by Gasteiger charge is 2.47. The minimum atomic E-state index is -0.856. The molecule has 39 heavy (non-hydrogen) atoms. The number of aromatic nitrogens is 1. The van der Waals surface area contributed by atoms with E-state index >= 15 is 0 Å². The number of Topliss-reactive ketones (excluding diaryl/α,β-unsaturated/α-hetero) is 1. The number of ketones is 1. The van der Waals surface area contributed by atoms with Crippen molar-refractivity contribution in [3.8, 4) is 11.5 Å². The fourth-order valence-corrected chi connectivity index (χ4v) is 4.67. The summed E-state index contributed by atoms with van der Waals surface area (Å²) >= 11 is 0. The van der Waals surface area contributed by atoms with Gasteiger partial charge in [-0.1, -0.05) is 36.4 Å². The van der Waals surface area contributed by atoms with E-state index in [9.17, 15) is 14.7 Å². The molecular formula is C32H28N2O5. The van der Waals surface area contributed by atoms with Crippen molar-refractivity contribution < 1.29 is 24.2 Å². The molecule has 196 valence electrons. The van der Waals surface area contributed by atoms with Crippen LogP contribution >= 0.6 is 0 Å². The van der Waals surface area contributed by atoms with Gasteiger partial charge in [-0.05, 0) is 79.1 Å². The summed E-state index contributed by atoms with van der Waals surface area (Å²) in [5.41, 5.74) is 3.35. The van der Waals surface area contributed by atoms with Gasteiger partial charge in [-0.2, -0.15) is 0 Å². The molecule has 7 heteroatoms. The molecule has 1 aliphatic heterocycles. The molecule has 3 aromatic carbocycles. The quantitative estimate of drug-likeness (QED) is 0.174. The van der Waals surface area contributed by atoms with Gasteiger partial charge in [0.1, 0.15) is 23.9 Å². The lowest BCUT2D eigenvalue weighted by molar-refractivity contribution is -0.132. The first-order valence-corrected chi connectivity index (χ1v) is 12.7. The summed E-state index contributed by atoms with van der Waals surface area (Å²) in [7, 11) is 0. The van der Waals surface area contributed by atoms with Crippen LogP contribution < -0.4 is 14.4 Å². The van der Waals surface area contributed by atoms with Crippen molar-refractivity contribution in [3.05, 3.63) is 125 Å². The second kappa shape index (κ2) is 11.2. The Morgan fingerprint density at radius 2 is 1.72 bits per heavy atom. The number of ether oxygens (including phenoxy) is 2. The number of pyridine rings is 1. The van der Waals surface area contributed by atoms with Crippen molar-refractivity contribution in [1.82, 2.24) is 4.98 Å². The monoisotopic (exact) mass is 520 g/mol. The number of aliphatic hydroxyl groups excluding tert-OH is 1. The molecule has 4 aromatic rings. The van der Waals surface area contributed by atoms with Crippen molar-refractivity contribution in [2.45, 2.75) is 26.5 Å². The molecule has 0 radical (unpaired) electrons. The Morgan fingerprint density at radius 1 is 0.949 bits per heavy atom. The predicted molar refractivity (Wildman–Crippen MR) is 149 cm³/mol. The van der Waals surface area contributed by atoms with E-state index in [0.717, 1.165) is 11.1 Å². The van der Waals surface area contributed by atoms with Crippen molar-refractivity contribution >= 4 is 23.1 Å². The first-order valence-electron chi connectivity index (χ1n) is 12.7. The number of rotatable bonds is 8. The summed E-state index contributed by atoms with van der Waals surface area (Å²) in [5.74, 6) is -0.436. The standard InChI is InChI=1S/C32H28N2O5/c1-3-38-26-14-12-25(13-15-26)34-29(24-10-7-17-33-19-24)28(31(36)32(34)37)30(35)23-11-16-27(21(2)18-23)39-20-22-8-5-4-6-9-22/h4-19,29,35H,3,20H2,1-2H3/b30-28-. The van der Waals surface area contributed by atoms with E-state index < -0.39 is 17.7 Å². The number of anilines is 1. The second-order valence-electron chi connectivity index (χ2n) is 9.14. The molecule has 1 fully saturated rings. The Hall–Kier alpha value is -4.91. The molecule has 0 bridgehead atoms. The van der Waals surface area contributed by atoms with Crippen LogP contribution in [0.15, 0.2) is 103 Å². The third-order valence-corrected chi connectivity index (χ3v) is 6.56. The molecule has 1 atom stereocenters. The molecule has 1 saturated heterocycles. The van der Waals surface area contributed by atoms with Crippen LogP contribution in [0.4, 0.5) is 5.69 Å². The van der Waals surface area contributed by atoms with Gasteiger partial charge in [0.25, 0.3) is 11.7 Å².